The lowest BCUT2D eigenvalue weighted by Crippen LogP contribution is -2.30. The van der Waals surface area contributed by atoms with Crippen LogP contribution in [0.5, 0.6) is 0 Å². The lowest BCUT2D eigenvalue weighted by atomic mass is 9.70. The Morgan fingerprint density at radius 1 is 0.344 bits per heavy atom. The number of methoxy groups -OCH3 is 2. The van der Waals surface area contributed by atoms with Crippen LogP contribution < -0.4 is 0 Å². The quantitative estimate of drug-likeness (QED) is 0.0445. The van der Waals surface area contributed by atoms with E-state index in [1.165, 1.54) is 146 Å². The van der Waals surface area contributed by atoms with Gasteiger partial charge in [-0.15, -0.1) is 0 Å². The molecule has 0 aliphatic heterocycles. The molecule has 0 N–H and O–H groups in total. The highest BCUT2D eigenvalue weighted by molar-refractivity contribution is 5.87. The summed E-state index contributed by atoms with van der Waals surface area (Å²) in [6, 6.07) is 29.1. The Morgan fingerprint density at radius 3 is 1.08 bits per heavy atom. The monoisotopic (exact) mass is 875 g/mol. The van der Waals surface area contributed by atoms with Gasteiger partial charge in [0.1, 0.15) is 0 Å². The van der Waals surface area contributed by atoms with Crippen molar-refractivity contribution in [3.05, 3.63) is 106 Å². The molecule has 0 aromatic heterocycles. The number of benzene rings is 4. The molecule has 350 valence electrons. The van der Waals surface area contributed by atoms with Crippen LogP contribution >= 0.6 is 0 Å². The third-order valence-electron chi connectivity index (χ3n) is 14.2. The Kier molecular flexibility index (Phi) is 20.4. The summed E-state index contributed by atoms with van der Waals surface area (Å²) >= 11 is 0. The van der Waals surface area contributed by atoms with E-state index in [9.17, 15) is 0 Å². The highest BCUT2D eigenvalue weighted by Gasteiger charge is 2.44. The molecule has 4 aromatic rings. The van der Waals surface area contributed by atoms with Crippen molar-refractivity contribution in [2.24, 2.45) is 0 Å². The van der Waals surface area contributed by atoms with E-state index in [4.69, 9.17) is 28.4 Å². The molecular weight excluding hydrogens is 793 g/mol. The van der Waals surface area contributed by atoms with Crippen molar-refractivity contribution in [3.63, 3.8) is 0 Å². The molecule has 6 nitrogen and oxygen atoms in total. The third-order valence-corrected chi connectivity index (χ3v) is 14.2. The molecule has 0 bridgehead atoms. The first-order valence-electron chi connectivity index (χ1n) is 25.2. The van der Waals surface area contributed by atoms with Crippen LogP contribution in [0.25, 0.3) is 33.4 Å². The van der Waals surface area contributed by atoms with Crippen LogP contribution in [0.4, 0.5) is 0 Å². The van der Waals surface area contributed by atoms with E-state index in [1.807, 2.05) is 0 Å². The van der Waals surface area contributed by atoms with E-state index in [1.54, 1.807) is 25.3 Å². The van der Waals surface area contributed by atoms with E-state index < -0.39 is 0 Å². The van der Waals surface area contributed by atoms with Gasteiger partial charge < -0.3 is 28.4 Å². The summed E-state index contributed by atoms with van der Waals surface area (Å²) in [7, 11) is 3.40. The molecule has 2 aliphatic rings. The molecule has 2 aliphatic carbocycles. The second-order valence-electron chi connectivity index (χ2n) is 18.8. The second kappa shape index (κ2) is 26.1. The minimum atomic E-state index is -0.273. The van der Waals surface area contributed by atoms with Crippen molar-refractivity contribution < 1.29 is 28.4 Å². The predicted octanol–water partition coefficient (Wildman–Crippen LogP) is 14.1. The van der Waals surface area contributed by atoms with Gasteiger partial charge in [-0.25, -0.2) is 0 Å². The average Bonchev–Trinajstić information content (AvgIpc) is 3.72. The number of ether oxygens (including phenoxy) is 6. The van der Waals surface area contributed by atoms with Crippen molar-refractivity contribution >= 4 is 0 Å². The van der Waals surface area contributed by atoms with Gasteiger partial charge in [0.25, 0.3) is 0 Å². The zero-order valence-corrected chi connectivity index (χ0v) is 40.8. The fourth-order valence-corrected chi connectivity index (χ4v) is 10.7. The molecule has 0 atom stereocenters. The van der Waals surface area contributed by atoms with Crippen LogP contribution in [0.2, 0.25) is 0 Å². The van der Waals surface area contributed by atoms with Crippen molar-refractivity contribution in [2.75, 3.05) is 80.3 Å². The highest BCUT2D eigenvalue weighted by Crippen LogP contribution is 2.57. The predicted molar refractivity (Wildman–Crippen MR) is 266 cm³/mol. The topological polar surface area (TPSA) is 55.4 Å². The first-order chi connectivity index (χ1) is 31.4. The van der Waals surface area contributed by atoms with E-state index in [0.29, 0.717) is 66.1 Å². The summed E-state index contributed by atoms with van der Waals surface area (Å²) in [5, 5.41) is 0. The molecule has 6 rings (SSSR count). The van der Waals surface area contributed by atoms with E-state index in [2.05, 4.69) is 100 Å². The Balaban J connectivity index is 1.36. The van der Waals surface area contributed by atoms with Gasteiger partial charge in [0.15, 0.2) is 0 Å². The summed E-state index contributed by atoms with van der Waals surface area (Å²) in [4.78, 5) is 0. The molecule has 0 saturated heterocycles. The van der Waals surface area contributed by atoms with Gasteiger partial charge in [-0.3, -0.25) is 0 Å². The van der Waals surface area contributed by atoms with Gasteiger partial charge in [-0.05, 0) is 107 Å². The van der Waals surface area contributed by atoms with Gasteiger partial charge in [0.2, 0.25) is 0 Å². The maximum Gasteiger partial charge on any atom is 0.0701 e. The zero-order chi connectivity index (χ0) is 45.0. The number of rotatable bonds is 33. The van der Waals surface area contributed by atoms with Gasteiger partial charge in [-0.1, -0.05) is 163 Å². The lowest BCUT2D eigenvalue weighted by molar-refractivity contribution is 0.0145. The Morgan fingerprint density at radius 2 is 0.672 bits per heavy atom. The largest absolute Gasteiger partial charge is 0.382 e. The standard InChI is InChI=1S/C58H82O6/c1-7-9-11-13-15-17-27-57(28-18-16-14-12-10-8-2)53-41-45(3)19-23-49(53)51-25-21-47(43-55(51)57)48-22-26-52-50-24-20-46(4)42-54(50)58(56(52)44-48,29-31-61-37-39-63-35-33-59-5)30-32-62-38-40-64-36-34-60-6/h19-26,41-44H,7-18,27-40H2,1-6H3. The summed E-state index contributed by atoms with van der Waals surface area (Å²) in [5.41, 5.74) is 16.5. The SMILES string of the molecule is CCCCCCCCC1(CCCCCCCC)c2cc(C)ccc2-c2ccc(-c3ccc4c(c3)C(CCOCCOCCOC)(CCOCCOCCOC)c3cc(C)ccc3-4)cc21. The number of unbranched alkanes of at least 4 members (excludes halogenated alkanes) is 10. The molecular formula is C58H82O6. The molecule has 64 heavy (non-hydrogen) atoms. The van der Waals surface area contributed by atoms with E-state index >= 15 is 0 Å². The molecule has 0 heterocycles. The minimum Gasteiger partial charge on any atom is -0.382 e. The van der Waals surface area contributed by atoms with Crippen LogP contribution in [0, 0.1) is 13.8 Å². The van der Waals surface area contributed by atoms with Crippen molar-refractivity contribution in [1.29, 1.82) is 0 Å². The first kappa shape index (κ1) is 50.1. The van der Waals surface area contributed by atoms with E-state index in [0.717, 1.165) is 12.8 Å². The van der Waals surface area contributed by atoms with Crippen molar-refractivity contribution in [3.8, 4) is 33.4 Å². The summed E-state index contributed by atoms with van der Waals surface area (Å²) in [6.07, 6.45) is 20.0. The Hall–Kier alpha value is -3.36. The zero-order valence-electron chi connectivity index (χ0n) is 40.8. The lowest BCUT2D eigenvalue weighted by Gasteiger charge is -2.34. The number of aryl methyl sites for hydroxylation is 2. The molecule has 0 spiro atoms. The smallest absolute Gasteiger partial charge is 0.0701 e. The van der Waals surface area contributed by atoms with Gasteiger partial charge in [-0.2, -0.15) is 0 Å². The fraction of sp³-hybridized carbons (Fsp3) is 0.586. The van der Waals surface area contributed by atoms with Gasteiger partial charge in [0.05, 0.1) is 52.9 Å². The minimum absolute atomic E-state index is 0.0334. The fourth-order valence-electron chi connectivity index (χ4n) is 10.7. The molecule has 0 radical (unpaired) electrons. The van der Waals surface area contributed by atoms with Crippen LogP contribution in [-0.2, 0) is 39.3 Å². The van der Waals surface area contributed by atoms with E-state index in [-0.39, 0.29) is 10.8 Å². The second-order valence-corrected chi connectivity index (χ2v) is 18.8. The number of fused-ring (bicyclic) bond motifs is 6. The maximum absolute atomic E-state index is 6.35. The van der Waals surface area contributed by atoms with Crippen LogP contribution in [0.15, 0.2) is 72.8 Å². The van der Waals surface area contributed by atoms with Gasteiger partial charge in [0, 0.05) is 38.3 Å². The normalized spacial score (nSPS) is 14.2. The highest BCUT2D eigenvalue weighted by atomic mass is 16.5. The number of hydrogen-bond donors (Lipinski definition) is 0. The molecule has 6 heteroatoms. The van der Waals surface area contributed by atoms with Crippen LogP contribution in [0.3, 0.4) is 0 Å². The summed E-state index contributed by atoms with van der Waals surface area (Å²) < 4.78 is 34.6. The number of hydrogen-bond acceptors (Lipinski definition) is 6. The van der Waals surface area contributed by atoms with Crippen molar-refractivity contribution in [2.45, 2.75) is 141 Å². The molecule has 0 unspecified atom stereocenters. The molecule has 0 fully saturated rings. The molecule has 4 aromatic carbocycles. The van der Waals surface area contributed by atoms with Crippen LogP contribution in [-0.4, -0.2) is 80.3 Å². The van der Waals surface area contributed by atoms with Crippen LogP contribution in [0.1, 0.15) is 150 Å². The molecule has 0 saturated carbocycles. The van der Waals surface area contributed by atoms with Gasteiger partial charge >= 0.3 is 0 Å². The Bertz CT molecular complexity index is 1960. The maximum atomic E-state index is 6.35. The third kappa shape index (κ3) is 12.5. The molecule has 0 amide bonds. The summed E-state index contributed by atoms with van der Waals surface area (Å²) in [6.45, 7) is 14.9. The van der Waals surface area contributed by atoms with Crippen molar-refractivity contribution in [1.82, 2.24) is 0 Å². The first-order valence-corrected chi connectivity index (χ1v) is 25.2. The Labute approximate surface area is 388 Å². The summed E-state index contributed by atoms with van der Waals surface area (Å²) in [5.74, 6) is 0. The average molecular weight is 875 g/mol.